The van der Waals surface area contributed by atoms with Gasteiger partial charge in [0.05, 0.1) is 0 Å². The lowest BCUT2D eigenvalue weighted by Gasteiger charge is -2.19. The Balaban J connectivity index is 4.18. The maximum atomic E-state index is 11.3. The molecule has 1 unspecified atom stereocenters. The first kappa shape index (κ1) is 13.7. The highest BCUT2D eigenvalue weighted by molar-refractivity contribution is 5.82. The number of aliphatic carboxylic acids is 1. The van der Waals surface area contributed by atoms with Gasteiger partial charge in [-0.1, -0.05) is 20.8 Å². The summed E-state index contributed by atoms with van der Waals surface area (Å²) in [6, 6.07) is -1.22. The number of rotatable bonds is 5. The first-order chi connectivity index (χ1) is 6.88. The van der Waals surface area contributed by atoms with Crippen LogP contribution in [-0.2, 0) is 4.79 Å². The molecule has 0 spiro atoms. The molecule has 0 saturated heterocycles. The maximum absolute atomic E-state index is 11.3. The number of carbonyl (C=O) groups excluding carboxylic acids is 1. The van der Waals surface area contributed by atoms with E-state index in [-0.39, 0.29) is 12.0 Å². The second kappa shape index (κ2) is 6.27. The van der Waals surface area contributed by atoms with Gasteiger partial charge in [0, 0.05) is 6.04 Å². The van der Waals surface area contributed by atoms with Crippen molar-refractivity contribution >= 4 is 12.0 Å². The van der Waals surface area contributed by atoms with Gasteiger partial charge in [-0.2, -0.15) is 0 Å². The van der Waals surface area contributed by atoms with Crippen LogP contribution in [0, 0.1) is 5.92 Å². The van der Waals surface area contributed by atoms with Crippen molar-refractivity contribution in [1.82, 2.24) is 10.6 Å². The van der Waals surface area contributed by atoms with E-state index in [9.17, 15) is 9.59 Å². The van der Waals surface area contributed by atoms with Crippen molar-refractivity contribution in [2.24, 2.45) is 5.92 Å². The highest BCUT2D eigenvalue weighted by atomic mass is 16.4. The normalized spacial score (nSPS) is 14.5. The predicted octanol–water partition coefficient (Wildman–Crippen LogP) is 1.19. The molecule has 0 bridgehead atoms. The Morgan fingerprint density at radius 2 is 1.73 bits per heavy atom. The summed E-state index contributed by atoms with van der Waals surface area (Å²) in [6.07, 6.45) is 0.812. The van der Waals surface area contributed by atoms with E-state index in [0.717, 1.165) is 6.42 Å². The van der Waals surface area contributed by atoms with Gasteiger partial charge < -0.3 is 15.7 Å². The van der Waals surface area contributed by atoms with Gasteiger partial charge in [0.1, 0.15) is 6.04 Å². The van der Waals surface area contributed by atoms with Crippen LogP contribution in [-0.4, -0.2) is 29.2 Å². The summed E-state index contributed by atoms with van der Waals surface area (Å²) in [6.45, 7) is 7.32. The average molecular weight is 216 g/mol. The predicted molar refractivity (Wildman–Crippen MR) is 57.7 cm³/mol. The molecule has 2 atom stereocenters. The molecule has 0 heterocycles. The molecule has 0 aromatic carbocycles. The molecule has 5 heteroatoms. The van der Waals surface area contributed by atoms with Gasteiger partial charge >= 0.3 is 12.0 Å². The van der Waals surface area contributed by atoms with Crippen molar-refractivity contribution in [3.05, 3.63) is 0 Å². The maximum Gasteiger partial charge on any atom is 0.326 e. The molecule has 15 heavy (non-hydrogen) atoms. The molecule has 0 aromatic heterocycles. The minimum atomic E-state index is -1.01. The van der Waals surface area contributed by atoms with E-state index >= 15 is 0 Å². The lowest BCUT2D eigenvalue weighted by molar-refractivity contribution is -0.140. The van der Waals surface area contributed by atoms with Crippen LogP contribution in [0.25, 0.3) is 0 Å². The Hall–Kier alpha value is -1.26. The molecule has 0 aliphatic carbocycles. The van der Waals surface area contributed by atoms with Gasteiger partial charge in [-0.25, -0.2) is 9.59 Å². The van der Waals surface area contributed by atoms with E-state index < -0.39 is 18.0 Å². The highest BCUT2D eigenvalue weighted by Crippen LogP contribution is 2.01. The van der Waals surface area contributed by atoms with E-state index in [2.05, 4.69) is 10.6 Å². The zero-order chi connectivity index (χ0) is 12.0. The fraction of sp³-hybridized carbons (Fsp3) is 0.800. The van der Waals surface area contributed by atoms with Crippen LogP contribution in [0.5, 0.6) is 0 Å². The summed E-state index contributed by atoms with van der Waals surface area (Å²) < 4.78 is 0. The summed E-state index contributed by atoms with van der Waals surface area (Å²) in [5.74, 6) is -1.14. The minimum absolute atomic E-state index is 0.0478. The zero-order valence-corrected chi connectivity index (χ0v) is 9.70. The van der Waals surface area contributed by atoms with Crippen LogP contribution in [0.2, 0.25) is 0 Å². The minimum Gasteiger partial charge on any atom is -0.480 e. The molecular formula is C10H20N2O3. The van der Waals surface area contributed by atoms with Gasteiger partial charge in [-0.15, -0.1) is 0 Å². The number of nitrogens with one attached hydrogen (secondary N) is 2. The van der Waals surface area contributed by atoms with Gasteiger partial charge in [0.15, 0.2) is 0 Å². The summed E-state index contributed by atoms with van der Waals surface area (Å²) in [4.78, 5) is 22.1. The number of hydrogen-bond acceptors (Lipinski definition) is 2. The van der Waals surface area contributed by atoms with Crippen LogP contribution in [0.4, 0.5) is 4.79 Å². The van der Waals surface area contributed by atoms with E-state index in [0.29, 0.717) is 0 Å². The van der Waals surface area contributed by atoms with Gasteiger partial charge in [-0.3, -0.25) is 0 Å². The molecule has 88 valence electrons. The number of amides is 2. The van der Waals surface area contributed by atoms with Crippen LogP contribution in [0.3, 0.4) is 0 Å². The molecule has 0 aromatic rings. The number of carboxylic acids is 1. The standard InChI is InChI=1S/C10H20N2O3/c1-5-7(4)11-10(15)12-8(6(2)3)9(13)14/h6-8H,5H2,1-4H3,(H,13,14)(H2,11,12,15)/t7?,8-/m0/s1. The smallest absolute Gasteiger partial charge is 0.326 e. The van der Waals surface area contributed by atoms with Crippen LogP contribution < -0.4 is 10.6 Å². The molecule has 5 nitrogen and oxygen atoms in total. The van der Waals surface area contributed by atoms with Crippen LogP contribution in [0.15, 0.2) is 0 Å². The molecule has 2 amide bonds. The van der Waals surface area contributed by atoms with Crippen molar-refractivity contribution < 1.29 is 14.7 Å². The Morgan fingerprint density at radius 1 is 1.20 bits per heavy atom. The Kier molecular flexibility index (Phi) is 5.74. The van der Waals surface area contributed by atoms with E-state index in [1.807, 2.05) is 13.8 Å². The average Bonchev–Trinajstić information content (AvgIpc) is 2.12. The molecule has 0 rings (SSSR count). The van der Waals surface area contributed by atoms with Gasteiger partial charge in [-0.05, 0) is 19.3 Å². The summed E-state index contributed by atoms with van der Waals surface area (Å²) in [5.41, 5.74) is 0. The van der Waals surface area contributed by atoms with Crippen molar-refractivity contribution in [2.75, 3.05) is 0 Å². The van der Waals surface area contributed by atoms with E-state index in [1.54, 1.807) is 13.8 Å². The second-order valence-electron chi connectivity index (χ2n) is 3.99. The lowest BCUT2D eigenvalue weighted by atomic mass is 10.1. The van der Waals surface area contributed by atoms with Crippen molar-refractivity contribution in [3.63, 3.8) is 0 Å². The van der Waals surface area contributed by atoms with Crippen LogP contribution >= 0.6 is 0 Å². The Labute approximate surface area is 90.2 Å². The Morgan fingerprint density at radius 3 is 2.07 bits per heavy atom. The molecule has 0 aliphatic rings. The summed E-state index contributed by atoms with van der Waals surface area (Å²) in [5, 5.41) is 13.9. The largest absolute Gasteiger partial charge is 0.480 e. The molecule has 0 fully saturated rings. The molecular weight excluding hydrogens is 196 g/mol. The third kappa shape index (κ3) is 5.24. The quantitative estimate of drug-likeness (QED) is 0.646. The lowest BCUT2D eigenvalue weighted by Crippen LogP contribution is -2.50. The molecule has 3 N–H and O–H groups in total. The number of hydrogen-bond donors (Lipinski definition) is 3. The first-order valence-electron chi connectivity index (χ1n) is 5.18. The SMILES string of the molecule is CCC(C)NC(=O)N[C@H](C(=O)O)C(C)C. The van der Waals surface area contributed by atoms with Crippen LogP contribution in [0.1, 0.15) is 34.1 Å². The van der Waals surface area contributed by atoms with Gasteiger partial charge in [0.25, 0.3) is 0 Å². The van der Waals surface area contributed by atoms with Crippen molar-refractivity contribution in [1.29, 1.82) is 0 Å². The number of carbonyl (C=O) groups is 2. The van der Waals surface area contributed by atoms with E-state index in [4.69, 9.17) is 5.11 Å². The van der Waals surface area contributed by atoms with Crippen molar-refractivity contribution in [2.45, 2.75) is 46.2 Å². The van der Waals surface area contributed by atoms with Crippen molar-refractivity contribution in [3.8, 4) is 0 Å². The fourth-order valence-electron chi connectivity index (χ4n) is 1.02. The van der Waals surface area contributed by atoms with E-state index in [1.165, 1.54) is 0 Å². The monoisotopic (exact) mass is 216 g/mol. The summed E-state index contributed by atoms with van der Waals surface area (Å²) >= 11 is 0. The molecule has 0 radical (unpaired) electrons. The first-order valence-corrected chi connectivity index (χ1v) is 5.18. The molecule has 0 saturated carbocycles. The topological polar surface area (TPSA) is 78.4 Å². The number of urea groups is 1. The third-order valence-corrected chi connectivity index (χ3v) is 2.21. The van der Waals surface area contributed by atoms with Gasteiger partial charge in [0.2, 0.25) is 0 Å². The molecule has 0 aliphatic heterocycles. The number of carboxylic acid groups (broad SMARTS) is 1. The fourth-order valence-corrected chi connectivity index (χ4v) is 1.02. The zero-order valence-electron chi connectivity index (χ0n) is 9.70. The third-order valence-electron chi connectivity index (χ3n) is 2.21. The Bertz CT molecular complexity index is 229. The summed E-state index contributed by atoms with van der Waals surface area (Å²) in [7, 11) is 0. The second-order valence-corrected chi connectivity index (χ2v) is 3.99. The highest BCUT2D eigenvalue weighted by Gasteiger charge is 2.23.